The SMILES string of the molecule is [2H]c1c([2H])c([2H])c2c(-c3c4c([2H])c([2H])c([2H])c([2H])c4c(-c4cccc5c(-c6cccc7c6oc6ccc8ccccc8c67)cccc45)c4c([2H])c([2H])c([2H])c([2H])c34)c([2H])c([2H])c([2H])c2c1[2H].[2H]c1c([2H])c([2H])c2c(-c3cccc4c(-c5cccc6c5oc5ccc7ccccc7c56)cccc34)c3c([2H])c([2H])c([2H])c([2H])c3c(-c3ccc4ccccc4c3)c2c1[2H]. The first-order chi connectivity index (χ1) is 60.2. The van der Waals surface area contributed by atoms with Crippen molar-refractivity contribution in [2.24, 2.45) is 0 Å². The van der Waals surface area contributed by atoms with Gasteiger partial charge in [0, 0.05) is 32.7 Å². The fraction of sp³-hybridized carbons (Fsp3) is 0. The minimum absolute atomic E-state index is 0.0277. The van der Waals surface area contributed by atoms with Crippen molar-refractivity contribution >= 4 is 152 Å². The summed E-state index contributed by atoms with van der Waals surface area (Å²) in [6, 6.07) is 59.3. The number of hydrogen-bond acceptors (Lipinski definition) is 2. The van der Waals surface area contributed by atoms with Gasteiger partial charge in [0.15, 0.2) is 0 Å². The highest BCUT2D eigenvalue weighted by Crippen LogP contribution is 2.51. The number of furan rings is 2. The summed E-state index contributed by atoms with van der Waals surface area (Å²) in [6.45, 7) is 0. The summed E-state index contributed by atoms with van der Waals surface area (Å²) in [5, 5.41) is 11.7. The van der Waals surface area contributed by atoms with Gasteiger partial charge in [0.2, 0.25) is 0 Å². The molecule has 22 rings (SSSR count). The van der Waals surface area contributed by atoms with Crippen LogP contribution in [0.4, 0.5) is 0 Å². The molecule has 0 atom stereocenters. The van der Waals surface area contributed by atoms with Crippen LogP contribution in [0.3, 0.4) is 0 Å². The number of benzene rings is 20. The molecule has 0 aliphatic heterocycles. The van der Waals surface area contributed by atoms with Crippen molar-refractivity contribution in [3.63, 3.8) is 0 Å². The maximum atomic E-state index is 9.56. The van der Waals surface area contributed by atoms with Gasteiger partial charge in [-0.2, -0.15) is 0 Å². The monoisotopic (exact) mass is 1320 g/mol. The lowest BCUT2D eigenvalue weighted by Gasteiger charge is -2.20. The van der Waals surface area contributed by atoms with E-state index in [1.807, 2.05) is 182 Å². The predicted molar refractivity (Wildman–Crippen MR) is 435 cm³/mol. The minimum atomic E-state index is -0.760. The van der Waals surface area contributed by atoms with E-state index >= 15 is 0 Å². The minimum Gasteiger partial charge on any atom is -0.455 e. The molecular formula is C100H60O2. The van der Waals surface area contributed by atoms with E-state index < -0.39 is 131 Å². The van der Waals surface area contributed by atoms with Crippen molar-refractivity contribution in [3.8, 4) is 66.8 Å². The molecule has 0 bridgehead atoms. The Balaban J connectivity index is 0.000000154. The fourth-order valence-corrected chi connectivity index (χ4v) is 15.8. The number of hydrogen-bond donors (Lipinski definition) is 0. The molecule has 0 N–H and O–H groups in total. The zero-order valence-corrected chi connectivity index (χ0v) is 53.7. The summed E-state index contributed by atoms with van der Waals surface area (Å²) in [5.41, 5.74) is 7.45. The largest absolute Gasteiger partial charge is 0.455 e. The van der Waals surface area contributed by atoms with Gasteiger partial charge in [-0.1, -0.05) is 345 Å². The summed E-state index contributed by atoms with van der Waals surface area (Å²) in [4.78, 5) is 0. The van der Waals surface area contributed by atoms with Crippen LogP contribution in [0.15, 0.2) is 372 Å². The van der Waals surface area contributed by atoms with Gasteiger partial charge < -0.3 is 8.83 Å². The van der Waals surface area contributed by atoms with Crippen molar-refractivity contribution in [2.75, 3.05) is 0 Å². The topological polar surface area (TPSA) is 26.3 Å². The van der Waals surface area contributed by atoms with E-state index in [1.165, 1.54) is 0 Å². The first kappa shape index (κ1) is 39.3. The molecule has 2 heterocycles. The van der Waals surface area contributed by atoms with Crippen LogP contribution in [0.5, 0.6) is 0 Å². The summed E-state index contributed by atoms with van der Waals surface area (Å²) in [7, 11) is 0. The second kappa shape index (κ2) is 23.1. The van der Waals surface area contributed by atoms with Gasteiger partial charge in [-0.05, 0) is 182 Å². The van der Waals surface area contributed by atoms with E-state index in [0.29, 0.717) is 49.8 Å². The van der Waals surface area contributed by atoms with E-state index in [-0.39, 0.29) is 78.4 Å². The van der Waals surface area contributed by atoms with Crippen LogP contribution in [-0.2, 0) is 0 Å². The molecular weight excluding hydrogens is 1230 g/mol. The van der Waals surface area contributed by atoms with Crippen LogP contribution >= 0.6 is 0 Å². The molecule has 0 fully saturated rings. The second-order valence-corrected chi connectivity index (χ2v) is 25.4. The maximum Gasteiger partial charge on any atom is 0.143 e. The van der Waals surface area contributed by atoms with Crippen LogP contribution in [-0.4, -0.2) is 0 Å². The lowest BCUT2D eigenvalue weighted by molar-refractivity contribution is 0.670. The number of para-hydroxylation sites is 2. The van der Waals surface area contributed by atoms with E-state index in [2.05, 4.69) is 30.3 Å². The van der Waals surface area contributed by atoms with Crippen molar-refractivity contribution in [1.82, 2.24) is 0 Å². The molecule has 0 unspecified atom stereocenters. The third kappa shape index (κ3) is 8.86. The molecule has 0 aliphatic carbocycles. The van der Waals surface area contributed by atoms with E-state index in [0.717, 1.165) is 98.1 Å². The molecule has 2 nitrogen and oxygen atoms in total. The summed E-state index contributed by atoms with van der Waals surface area (Å²) in [6.07, 6.45) is 0. The number of rotatable bonds is 6. The van der Waals surface area contributed by atoms with Gasteiger partial charge in [-0.15, -0.1) is 0 Å². The molecule has 0 amide bonds. The summed E-state index contributed by atoms with van der Waals surface area (Å²) >= 11 is 0. The Labute approximate surface area is 619 Å². The van der Waals surface area contributed by atoms with E-state index in [4.69, 9.17) is 28.0 Å². The third-order valence-corrected chi connectivity index (χ3v) is 20.1. The lowest BCUT2D eigenvalue weighted by Crippen LogP contribution is -1.92. The molecule has 0 spiro atoms. The molecule has 20 aromatic carbocycles. The van der Waals surface area contributed by atoms with Gasteiger partial charge in [-0.25, -0.2) is 0 Å². The Morgan fingerprint density at radius 1 is 0.186 bits per heavy atom. The van der Waals surface area contributed by atoms with Crippen LogP contribution < -0.4 is 0 Å². The smallest absolute Gasteiger partial charge is 0.143 e. The maximum absolute atomic E-state index is 9.56. The predicted octanol–water partition coefficient (Wildman–Crippen LogP) is 28.7. The molecule has 22 aromatic rings. The summed E-state index contributed by atoms with van der Waals surface area (Å²) in [5.74, 6) is 0. The van der Waals surface area contributed by atoms with E-state index in [9.17, 15) is 12.3 Å². The third-order valence-electron chi connectivity index (χ3n) is 20.1. The molecule has 472 valence electrons. The molecule has 2 heteroatoms. The first-order valence-electron chi connectivity index (χ1n) is 44.8. The highest BCUT2D eigenvalue weighted by Gasteiger charge is 2.24. The molecule has 0 aliphatic rings. The number of fused-ring (bicyclic) bond motifs is 18. The van der Waals surface area contributed by atoms with Crippen LogP contribution in [0.25, 0.3) is 218 Å². The zero-order valence-electron chi connectivity index (χ0n) is 76.7. The molecule has 2 aromatic heterocycles. The molecule has 0 saturated carbocycles. The lowest BCUT2D eigenvalue weighted by atomic mass is 9.83. The average Bonchev–Trinajstić information content (AvgIpc) is 1.97. The quantitative estimate of drug-likeness (QED) is 0.155. The highest BCUT2D eigenvalue weighted by molar-refractivity contribution is 6.29. The van der Waals surface area contributed by atoms with Crippen molar-refractivity contribution in [2.45, 2.75) is 0 Å². The highest BCUT2D eigenvalue weighted by atomic mass is 16.3. The van der Waals surface area contributed by atoms with Crippen molar-refractivity contribution in [3.05, 3.63) is 363 Å². The van der Waals surface area contributed by atoms with Crippen LogP contribution in [0, 0.1) is 0 Å². The van der Waals surface area contributed by atoms with Crippen LogP contribution in [0.2, 0.25) is 0 Å². The average molecular weight is 1320 g/mol. The Morgan fingerprint density at radius 3 is 0.990 bits per heavy atom. The van der Waals surface area contributed by atoms with Gasteiger partial charge in [0.1, 0.15) is 22.3 Å². The van der Waals surface area contributed by atoms with Crippen LogP contribution in [0.1, 0.15) is 31.5 Å². The Morgan fingerprint density at radius 2 is 0.520 bits per heavy atom. The van der Waals surface area contributed by atoms with Gasteiger partial charge in [-0.3, -0.25) is 0 Å². The first-order valence-corrected chi connectivity index (χ1v) is 33.3. The Hall–Kier alpha value is -13.4. The van der Waals surface area contributed by atoms with Crippen molar-refractivity contribution in [1.29, 1.82) is 0 Å². The molecule has 0 saturated heterocycles. The molecule has 102 heavy (non-hydrogen) atoms. The van der Waals surface area contributed by atoms with Crippen molar-refractivity contribution < 1.29 is 40.4 Å². The summed E-state index contributed by atoms with van der Waals surface area (Å²) < 4.78 is 223. The second-order valence-electron chi connectivity index (χ2n) is 25.4. The van der Waals surface area contributed by atoms with Gasteiger partial charge >= 0.3 is 0 Å². The fourth-order valence-electron chi connectivity index (χ4n) is 15.8. The zero-order chi connectivity index (χ0) is 87.0. The Kier molecular flexibility index (Phi) is 8.90. The molecule has 0 radical (unpaired) electrons. The van der Waals surface area contributed by atoms with Gasteiger partial charge in [0.05, 0.1) is 31.5 Å². The normalized spacial score (nSPS) is 15.1. The van der Waals surface area contributed by atoms with Gasteiger partial charge in [0.25, 0.3) is 0 Å². The Bertz CT molecular complexity index is 8560. The van der Waals surface area contributed by atoms with E-state index in [1.54, 1.807) is 12.1 Å². The standard InChI is InChI=1S/2C50H30O/c1-3-16-33-31(13-1)15-9-25-38(33)47-40-18-5-7-20-42(40)48(43-21-8-6-19-41(43)47)39-26-11-22-35-36(39)23-10-24-37(35)44-27-12-28-45-49-34-17-4-2-14-32(34)29-30-46(49)51-50(44)45;1-2-14-33-30-34(27-26-31(33)12-1)47-40-16-5-7-18-42(40)48(43-19-8-6-17-41(43)47)39-23-10-20-36-37(39)21-9-22-38(36)44-24-11-25-45-49-35-15-4-3-13-32(35)28-29-46(49)51-50(44)45/h2*1-30H/i1D,3D,5D,6D,7D,8D,9D,13D,15D,16D,18D,19D,20D,21D,25D;5D,6D,7D,8D,16D,17D,18D,19D.